The van der Waals surface area contributed by atoms with Crippen LogP contribution < -0.4 is 5.32 Å². The standard InChI is InChI=1S/C6H11NO2S/c1-4(8)3-5(10)6(9)7-2/h5,10H,3H2,1-2H3,(H,7,9). The fourth-order valence-electron chi connectivity index (χ4n) is 0.532. The number of ketones is 1. The largest absolute Gasteiger partial charge is 0.358 e. The Morgan fingerprint density at radius 2 is 2.10 bits per heavy atom. The molecule has 0 bridgehead atoms. The molecule has 0 aliphatic heterocycles. The Bertz CT molecular complexity index is 147. The SMILES string of the molecule is CNC(=O)C(S)CC(C)=O. The van der Waals surface area contributed by atoms with Gasteiger partial charge in [-0.3, -0.25) is 9.59 Å². The maximum Gasteiger partial charge on any atom is 0.233 e. The Kier molecular flexibility index (Phi) is 4.11. The first-order valence-corrected chi connectivity index (χ1v) is 3.48. The van der Waals surface area contributed by atoms with Crippen molar-refractivity contribution in [3.8, 4) is 0 Å². The molecule has 0 aromatic rings. The van der Waals surface area contributed by atoms with Gasteiger partial charge in [0, 0.05) is 13.5 Å². The van der Waals surface area contributed by atoms with E-state index < -0.39 is 5.25 Å². The summed E-state index contributed by atoms with van der Waals surface area (Å²) in [6.07, 6.45) is 0.197. The normalized spacial score (nSPS) is 12.3. The Morgan fingerprint density at radius 3 is 2.40 bits per heavy atom. The molecular formula is C6H11NO2S. The second-order valence-electron chi connectivity index (χ2n) is 2.04. The smallest absolute Gasteiger partial charge is 0.233 e. The van der Waals surface area contributed by atoms with E-state index in [0.717, 1.165) is 0 Å². The lowest BCUT2D eigenvalue weighted by atomic mass is 10.2. The van der Waals surface area contributed by atoms with Crippen LogP contribution in [0.5, 0.6) is 0 Å². The van der Waals surface area contributed by atoms with E-state index in [1.54, 1.807) is 0 Å². The van der Waals surface area contributed by atoms with Gasteiger partial charge in [-0.25, -0.2) is 0 Å². The van der Waals surface area contributed by atoms with E-state index in [1.807, 2.05) is 0 Å². The number of hydrogen-bond acceptors (Lipinski definition) is 3. The Labute approximate surface area is 65.6 Å². The summed E-state index contributed by atoms with van der Waals surface area (Å²) in [5.74, 6) is -0.234. The zero-order chi connectivity index (χ0) is 8.15. The van der Waals surface area contributed by atoms with Crippen molar-refractivity contribution >= 4 is 24.3 Å². The van der Waals surface area contributed by atoms with Crippen molar-refractivity contribution in [2.45, 2.75) is 18.6 Å². The number of amides is 1. The predicted molar refractivity (Wildman–Crippen MR) is 42.1 cm³/mol. The first-order chi connectivity index (χ1) is 4.57. The van der Waals surface area contributed by atoms with Crippen molar-refractivity contribution in [3.63, 3.8) is 0 Å². The minimum absolute atomic E-state index is 0.0244. The van der Waals surface area contributed by atoms with Crippen LogP contribution in [0.25, 0.3) is 0 Å². The molecule has 0 saturated heterocycles. The summed E-state index contributed by atoms with van der Waals surface area (Å²) >= 11 is 3.91. The fourth-order valence-corrected chi connectivity index (χ4v) is 0.918. The summed E-state index contributed by atoms with van der Waals surface area (Å²) in [5.41, 5.74) is 0. The van der Waals surface area contributed by atoms with Gasteiger partial charge in [0.15, 0.2) is 0 Å². The molecule has 0 aromatic carbocycles. The van der Waals surface area contributed by atoms with Crippen molar-refractivity contribution in [2.75, 3.05) is 7.05 Å². The summed E-state index contributed by atoms with van der Waals surface area (Å²) in [5, 5.41) is 1.90. The first-order valence-electron chi connectivity index (χ1n) is 2.97. The maximum atomic E-state index is 10.7. The molecular weight excluding hydrogens is 150 g/mol. The van der Waals surface area contributed by atoms with E-state index in [4.69, 9.17) is 0 Å². The van der Waals surface area contributed by atoms with Crippen LogP contribution in [0.3, 0.4) is 0 Å². The Balaban J connectivity index is 3.72. The average Bonchev–Trinajstić information content (AvgIpc) is 1.85. The van der Waals surface area contributed by atoms with Crippen LogP contribution in [0.1, 0.15) is 13.3 Å². The minimum atomic E-state index is -0.498. The summed E-state index contributed by atoms with van der Waals surface area (Å²) < 4.78 is 0. The average molecular weight is 161 g/mol. The number of rotatable bonds is 3. The molecule has 0 rings (SSSR count). The van der Waals surface area contributed by atoms with Gasteiger partial charge in [-0.05, 0) is 6.92 Å². The van der Waals surface area contributed by atoms with Crippen molar-refractivity contribution in [1.29, 1.82) is 0 Å². The second kappa shape index (κ2) is 4.33. The number of thiol groups is 1. The number of carbonyl (C=O) groups excluding carboxylic acids is 2. The third-order valence-corrected chi connectivity index (χ3v) is 1.45. The highest BCUT2D eigenvalue weighted by molar-refractivity contribution is 7.81. The van der Waals surface area contributed by atoms with Crippen LogP contribution >= 0.6 is 12.6 Å². The van der Waals surface area contributed by atoms with Crippen LogP contribution in [0.15, 0.2) is 0 Å². The fraction of sp³-hybridized carbons (Fsp3) is 0.667. The second-order valence-corrected chi connectivity index (χ2v) is 2.66. The monoisotopic (exact) mass is 161 g/mol. The molecule has 0 aromatic heterocycles. The topological polar surface area (TPSA) is 46.2 Å². The van der Waals surface area contributed by atoms with Gasteiger partial charge in [-0.2, -0.15) is 12.6 Å². The molecule has 0 heterocycles. The molecule has 4 heteroatoms. The highest BCUT2D eigenvalue weighted by Crippen LogP contribution is 2.00. The van der Waals surface area contributed by atoms with E-state index in [1.165, 1.54) is 14.0 Å². The predicted octanol–water partition coefficient (Wildman–Crippen LogP) is 0.00990. The lowest BCUT2D eigenvalue weighted by Crippen LogP contribution is -2.29. The van der Waals surface area contributed by atoms with Crippen LogP contribution in [0.2, 0.25) is 0 Å². The van der Waals surface area contributed by atoms with Crippen LogP contribution in [0.4, 0.5) is 0 Å². The molecule has 10 heavy (non-hydrogen) atoms. The molecule has 3 nitrogen and oxygen atoms in total. The number of Topliss-reactive ketones (excluding diaryl/α,β-unsaturated/α-hetero) is 1. The van der Waals surface area contributed by atoms with Gasteiger partial charge in [0.05, 0.1) is 5.25 Å². The quantitative estimate of drug-likeness (QED) is 0.573. The number of carbonyl (C=O) groups is 2. The summed E-state index contributed by atoms with van der Waals surface area (Å²) in [6, 6.07) is 0. The van der Waals surface area contributed by atoms with Gasteiger partial charge < -0.3 is 5.32 Å². The van der Waals surface area contributed by atoms with Gasteiger partial charge in [-0.1, -0.05) is 0 Å². The lowest BCUT2D eigenvalue weighted by molar-refractivity contribution is -0.123. The molecule has 0 saturated carbocycles. The molecule has 0 aliphatic rings. The van der Waals surface area contributed by atoms with Crippen LogP contribution in [-0.2, 0) is 9.59 Å². The molecule has 58 valence electrons. The van der Waals surface area contributed by atoms with E-state index in [0.29, 0.717) is 0 Å². The molecule has 1 amide bonds. The molecule has 1 unspecified atom stereocenters. The number of hydrogen-bond donors (Lipinski definition) is 2. The third kappa shape index (κ3) is 3.50. The van der Waals surface area contributed by atoms with Gasteiger partial charge in [0.2, 0.25) is 5.91 Å². The highest BCUT2D eigenvalue weighted by Gasteiger charge is 2.13. The summed E-state index contributed by atoms with van der Waals surface area (Å²) in [4.78, 5) is 21.2. The third-order valence-electron chi connectivity index (χ3n) is 1.03. The zero-order valence-corrected chi connectivity index (χ0v) is 6.94. The molecule has 1 atom stereocenters. The van der Waals surface area contributed by atoms with Crippen molar-refractivity contribution in [3.05, 3.63) is 0 Å². The summed E-state index contributed by atoms with van der Waals surface area (Å²) in [6.45, 7) is 1.44. The van der Waals surface area contributed by atoms with Gasteiger partial charge in [0.25, 0.3) is 0 Å². The van der Waals surface area contributed by atoms with Gasteiger partial charge >= 0.3 is 0 Å². The lowest BCUT2D eigenvalue weighted by Gasteiger charge is -2.04. The molecule has 0 fully saturated rings. The molecule has 0 aliphatic carbocycles. The van der Waals surface area contributed by atoms with Crippen molar-refractivity contribution in [2.24, 2.45) is 0 Å². The van der Waals surface area contributed by atoms with E-state index in [2.05, 4.69) is 17.9 Å². The molecule has 1 N–H and O–H groups in total. The van der Waals surface area contributed by atoms with E-state index >= 15 is 0 Å². The van der Waals surface area contributed by atoms with Gasteiger partial charge in [-0.15, -0.1) is 0 Å². The Hall–Kier alpha value is -0.510. The van der Waals surface area contributed by atoms with E-state index in [9.17, 15) is 9.59 Å². The van der Waals surface area contributed by atoms with Crippen molar-refractivity contribution < 1.29 is 9.59 Å². The van der Waals surface area contributed by atoms with Crippen molar-refractivity contribution in [1.82, 2.24) is 5.32 Å². The number of nitrogens with one attached hydrogen (secondary N) is 1. The Morgan fingerprint density at radius 1 is 1.60 bits per heavy atom. The zero-order valence-electron chi connectivity index (χ0n) is 6.05. The van der Waals surface area contributed by atoms with E-state index in [-0.39, 0.29) is 18.1 Å². The maximum absolute atomic E-state index is 10.7. The summed E-state index contributed by atoms with van der Waals surface area (Å²) in [7, 11) is 1.52. The molecule has 0 spiro atoms. The van der Waals surface area contributed by atoms with Crippen LogP contribution in [0, 0.1) is 0 Å². The van der Waals surface area contributed by atoms with Gasteiger partial charge in [0.1, 0.15) is 5.78 Å². The van der Waals surface area contributed by atoms with Crippen LogP contribution in [-0.4, -0.2) is 24.0 Å². The molecule has 0 radical (unpaired) electrons. The minimum Gasteiger partial charge on any atom is -0.358 e. The first kappa shape index (κ1) is 9.49. The highest BCUT2D eigenvalue weighted by atomic mass is 32.1.